The second kappa shape index (κ2) is 9.60. The van der Waals surface area contributed by atoms with Gasteiger partial charge in [-0.2, -0.15) is 0 Å². The van der Waals surface area contributed by atoms with Crippen molar-refractivity contribution in [1.82, 2.24) is 19.9 Å². The second-order valence-corrected chi connectivity index (χ2v) is 6.93. The Bertz CT molecular complexity index is 918. The van der Waals surface area contributed by atoms with Crippen LogP contribution in [0.1, 0.15) is 48.8 Å². The van der Waals surface area contributed by atoms with Gasteiger partial charge < -0.3 is 4.74 Å². The summed E-state index contributed by atoms with van der Waals surface area (Å²) in [5, 5.41) is 0. The van der Waals surface area contributed by atoms with Crippen LogP contribution in [-0.2, 0) is 25.9 Å². The van der Waals surface area contributed by atoms with Crippen LogP contribution >= 0.6 is 12.4 Å². The van der Waals surface area contributed by atoms with Crippen LogP contribution in [0.15, 0.2) is 43.0 Å². The van der Waals surface area contributed by atoms with E-state index in [2.05, 4.69) is 27.9 Å². The van der Waals surface area contributed by atoms with Crippen LogP contribution in [0.5, 0.6) is 5.88 Å². The molecule has 0 unspecified atom stereocenters. The number of hydrogen-bond donors (Lipinski definition) is 0. The number of hydrogen-bond acceptors (Lipinski definition) is 5. The van der Waals surface area contributed by atoms with Crippen LogP contribution < -0.4 is 4.74 Å². The third-order valence-electron chi connectivity index (χ3n) is 4.89. The van der Waals surface area contributed by atoms with E-state index < -0.39 is 0 Å². The predicted octanol–water partition coefficient (Wildman–Crippen LogP) is 4.77. The molecule has 3 heterocycles. The Morgan fingerprint density at radius 1 is 1.00 bits per heavy atom. The molecule has 3 aromatic rings. The highest BCUT2D eigenvalue weighted by Crippen LogP contribution is 2.33. The predicted molar refractivity (Wildman–Crippen MR) is 112 cm³/mol. The number of nitrogens with zero attached hydrogens (tertiary/aromatic N) is 4. The minimum atomic E-state index is 0. The lowest BCUT2D eigenvalue weighted by atomic mass is 9.90. The van der Waals surface area contributed by atoms with Crippen molar-refractivity contribution in [3.8, 4) is 17.0 Å². The van der Waals surface area contributed by atoms with Crippen LogP contribution in [-0.4, -0.2) is 19.9 Å². The number of rotatable bonds is 6. The summed E-state index contributed by atoms with van der Waals surface area (Å²) in [6.07, 6.45) is 11.8. The molecule has 1 aliphatic rings. The summed E-state index contributed by atoms with van der Waals surface area (Å²) in [5.74, 6) is 0.650. The molecule has 0 saturated carbocycles. The Hall–Kier alpha value is -2.53. The van der Waals surface area contributed by atoms with Gasteiger partial charge in [-0.1, -0.05) is 19.4 Å². The Balaban J connectivity index is 0.00000225. The maximum atomic E-state index is 6.04. The SMILES string of the molecule is CCCc1cccc(COc2cc(-c3cncnc3)c3c(n2)CCCC3)n1.Cl. The number of aryl methyl sites for hydroxylation is 2. The standard InChI is InChI=1S/C22H24N4O.ClH/c1-2-6-17-7-5-8-18(25-17)14-27-22-11-20(16-12-23-15-24-13-16)19-9-3-4-10-21(19)26-22;/h5,7-8,11-13,15H,2-4,6,9-10,14H2,1H3;1H. The molecule has 0 bridgehead atoms. The van der Waals surface area contributed by atoms with E-state index in [1.807, 2.05) is 30.6 Å². The van der Waals surface area contributed by atoms with Crippen molar-refractivity contribution in [3.05, 3.63) is 65.6 Å². The summed E-state index contributed by atoms with van der Waals surface area (Å²) in [6, 6.07) is 8.14. The minimum absolute atomic E-state index is 0. The number of fused-ring (bicyclic) bond motifs is 1. The van der Waals surface area contributed by atoms with Crippen molar-refractivity contribution >= 4 is 12.4 Å². The van der Waals surface area contributed by atoms with Gasteiger partial charge in [-0.05, 0) is 55.4 Å². The Kier molecular flexibility index (Phi) is 6.93. The molecule has 0 saturated heterocycles. The molecule has 0 atom stereocenters. The lowest BCUT2D eigenvalue weighted by molar-refractivity contribution is 0.287. The molecule has 0 spiro atoms. The van der Waals surface area contributed by atoms with Crippen LogP contribution in [0.4, 0.5) is 0 Å². The highest BCUT2D eigenvalue weighted by atomic mass is 35.5. The summed E-state index contributed by atoms with van der Waals surface area (Å²) < 4.78 is 6.04. The van der Waals surface area contributed by atoms with Gasteiger partial charge in [-0.15, -0.1) is 12.4 Å². The van der Waals surface area contributed by atoms with Gasteiger partial charge in [-0.3, -0.25) is 4.98 Å². The first-order valence-corrected chi connectivity index (χ1v) is 9.69. The number of halogens is 1. The van der Waals surface area contributed by atoms with E-state index in [4.69, 9.17) is 9.72 Å². The van der Waals surface area contributed by atoms with Crippen LogP contribution in [0.25, 0.3) is 11.1 Å². The van der Waals surface area contributed by atoms with Gasteiger partial charge in [0.1, 0.15) is 12.9 Å². The lowest BCUT2D eigenvalue weighted by Crippen LogP contribution is -2.10. The largest absolute Gasteiger partial charge is 0.471 e. The third-order valence-corrected chi connectivity index (χ3v) is 4.89. The number of aromatic nitrogens is 4. The van der Waals surface area contributed by atoms with Gasteiger partial charge in [0.05, 0.1) is 5.69 Å². The number of pyridine rings is 2. The summed E-state index contributed by atoms with van der Waals surface area (Å²) in [4.78, 5) is 17.8. The van der Waals surface area contributed by atoms with Crippen molar-refractivity contribution in [2.75, 3.05) is 0 Å². The zero-order valence-electron chi connectivity index (χ0n) is 16.1. The molecule has 28 heavy (non-hydrogen) atoms. The average Bonchev–Trinajstić information content (AvgIpc) is 2.73. The molecule has 4 rings (SSSR count). The summed E-state index contributed by atoms with van der Waals surface area (Å²) in [6.45, 7) is 2.59. The van der Waals surface area contributed by atoms with Gasteiger partial charge in [0.15, 0.2) is 0 Å². The molecule has 0 aliphatic heterocycles. The van der Waals surface area contributed by atoms with Crippen molar-refractivity contribution < 1.29 is 4.74 Å². The first-order chi connectivity index (χ1) is 13.3. The summed E-state index contributed by atoms with van der Waals surface area (Å²) >= 11 is 0. The van der Waals surface area contributed by atoms with E-state index in [1.165, 1.54) is 18.4 Å². The summed E-state index contributed by atoms with van der Waals surface area (Å²) in [5.41, 5.74) is 6.66. The molecule has 0 N–H and O–H groups in total. The second-order valence-electron chi connectivity index (χ2n) is 6.93. The topological polar surface area (TPSA) is 60.8 Å². The molecular weight excluding hydrogens is 372 g/mol. The fraction of sp³-hybridized carbons (Fsp3) is 0.364. The zero-order valence-corrected chi connectivity index (χ0v) is 16.9. The van der Waals surface area contributed by atoms with Gasteiger partial charge >= 0.3 is 0 Å². The molecule has 1 aliphatic carbocycles. The average molecular weight is 397 g/mol. The normalized spacial score (nSPS) is 12.8. The maximum Gasteiger partial charge on any atom is 0.214 e. The third kappa shape index (κ3) is 4.65. The van der Waals surface area contributed by atoms with Crippen molar-refractivity contribution in [2.24, 2.45) is 0 Å². The molecule has 3 aromatic heterocycles. The molecule has 0 fully saturated rings. The lowest BCUT2D eigenvalue weighted by Gasteiger charge is -2.20. The molecule has 6 heteroatoms. The van der Waals surface area contributed by atoms with Crippen molar-refractivity contribution in [2.45, 2.75) is 52.1 Å². The van der Waals surface area contributed by atoms with Gasteiger partial charge in [-0.25, -0.2) is 15.0 Å². The van der Waals surface area contributed by atoms with Gasteiger partial charge in [0, 0.05) is 35.4 Å². The van der Waals surface area contributed by atoms with Gasteiger partial charge in [0.2, 0.25) is 5.88 Å². The quantitative estimate of drug-likeness (QED) is 0.600. The fourth-order valence-electron chi connectivity index (χ4n) is 3.60. The Morgan fingerprint density at radius 3 is 2.61 bits per heavy atom. The highest BCUT2D eigenvalue weighted by Gasteiger charge is 2.18. The molecule has 0 amide bonds. The van der Waals surface area contributed by atoms with E-state index in [0.717, 1.165) is 53.9 Å². The maximum absolute atomic E-state index is 6.04. The van der Waals surface area contributed by atoms with Crippen molar-refractivity contribution in [3.63, 3.8) is 0 Å². The molecule has 0 radical (unpaired) electrons. The molecular formula is C22H25ClN4O. The zero-order chi connectivity index (χ0) is 18.5. The first-order valence-electron chi connectivity index (χ1n) is 9.69. The monoisotopic (exact) mass is 396 g/mol. The van der Waals surface area contributed by atoms with Crippen LogP contribution in [0.2, 0.25) is 0 Å². The highest BCUT2D eigenvalue weighted by molar-refractivity contribution is 5.85. The smallest absolute Gasteiger partial charge is 0.214 e. The van der Waals surface area contributed by atoms with Crippen LogP contribution in [0, 0.1) is 0 Å². The Morgan fingerprint density at radius 2 is 1.79 bits per heavy atom. The van der Waals surface area contributed by atoms with E-state index in [1.54, 1.807) is 6.33 Å². The fourth-order valence-corrected chi connectivity index (χ4v) is 3.60. The van der Waals surface area contributed by atoms with E-state index >= 15 is 0 Å². The summed E-state index contributed by atoms with van der Waals surface area (Å²) in [7, 11) is 0. The van der Waals surface area contributed by atoms with E-state index in [9.17, 15) is 0 Å². The molecule has 146 valence electrons. The number of ether oxygens (including phenoxy) is 1. The van der Waals surface area contributed by atoms with Crippen LogP contribution in [0.3, 0.4) is 0 Å². The Labute approximate surface area is 172 Å². The minimum Gasteiger partial charge on any atom is -0.471 e. The molecule has 0 aromatic carbocycles. The van der Waals surface area contributed by atoms with E-state index in [-0.39, 0.29) is 12.4 Å². The first kappa shape index (κ1) is 20.2. The van der Waals surface area contributed by atoms with E-state index in [0.29, 0.717) is 12.5 Å². The molecule has 5 nitrogen and oxygen atoms in total. The van der Waals surface area contributed by atoms with Gasteiger partial charge in [0.25, 0.3) is 0 Å². The van der Waals surface area contributed by atoms with Crippen molar-refractivity contribution in [1.29, 1.82) is 0 Å².